The fraction of sp³-hybridized carbons (Fsp3) is 0.389. The molecule has 3 rings (SSSR count). The topological polar surface area (TPSA) is 81.6 Å². The largest absolute Gasteiger partial charge is 0.743 e. The summed E-state index contributed by atoms with van der Waals surface area (Å²) in [6.07, 6.45) is 1.55. The lowest BCUT2D eigenvalue weighted by atomic mass is 10.0. The molecule has 1 saturated heterocycles. The lowest BCUT2D eigenvalue weighted by molar-refractivity contribution is -0.0640. The maximum atomic E-state index is 13.9. The second-order valence-corrected chi connectivity index (χ2v) is 7.01. The van der Waals surface area contributed by atoms with Crippen molar-refractivity contribution in [2.24, 2.45) is 7.05 Å². The lowest BCUT2D eigenvalue weighted by Crippen LogP contribution is -2.62. The van der Waals surface area contributed by atoms with Gasteiger partial charge in [-0.15, -0.1) is 0 Å². The second kappa shape index (κ2) is 6.71. The first-order valence-corrected chi connectivity index (χ1v) is 8.26. The number of aromatic nitrogens is 1. The highest BCUT2D eigenvalue weighted by Crippen LogP contribution is 2.23. The van der Waals surface area contributed by atoms with Crippen molar-refractivity contribution < 1.29 is 13.9 Å². The average molecular weight is 361 g/mol. The van der Waals surface area contributed by atoms with Gasteiger partial charge in [-0.25, -0.2) is 9.82 Å². The molecule has 140 valence electrons. The number of rotatable bonds is 5. The van der Waals surface area contributed by atoms with Crippen molar-refractivity contribution in [2.75, 3.05) is 23.7 Å². The van der Waals surface area contributed by atoms with Crippen molar-refractivity contribution >= 4 is 17.3 Å². The number of benzene rings is 1. The number of anilines is 2. The van der Waals surface area contributed by atoms with E-state index in [1.54, 1.807) is 37.7 Å². The summed E-state index contributed by atoms with van der Waals surface area (Å²) in [7, 11) is 1.67. The van der Waals surface area contributed by atoms with Crippen molar-refractivity contribution in [1.82, 2.24) is 9.99 Å². The van der Waals surface area contributed by atoms with Crippen LogP contribution in [0.1, 0.15) is 28.5 Å². The first kappa shape index (κ1) is 18.4. The molecule has 0 radical (unpaired) electrons. The number of hydrogen-bond donors (Lipinski definition) is 2. The van der Waals surface area contributed by atoms with Crippen LogP contribution < -0.4 is 15.9 Å². The third-order valence-corrected chi connectivity index (χ3v) is 4.53. The monoisotopic (exact) mass is 361 g/mol. The molecule has 1 aliphatic heterocycles. The van der Waals surface area contributed by atoms with Crippen LogP contribution in [0.2, 0.25) is 0 Å². The molecule has 1 aliphatic rings. The van der Waals surface area contributed by atoms with Gasteiger partial charge in [-0.1, -0.05) is 0 Å². The van der Waals surface area contributed by atoms with E-state index in [1.807, 2.05) is 6.92 Å². The van der Waals surface area contributed by atoms with Crippen molar-refractivity contribution in [3.05, 3.63) is 52.2 Å². The van der Waals surface area contributed by atoms with Gasteiger partial charge in [0.2, 0.25) is 0 Å². The lowest BCUT2D eigenvalue weighted by Gasteiger charge is -2.45. The number of ether oxygens (including phenoxy) is 1. The molecule has 2 heterocycles. The smallest absolute Gasteiger partial charge is 0.272 e. The second-order valence-electron chi connectivity index (χ2n) is 7.01. The zero-order valence-corrected chi connectivity index (χ0v) is 15.2. The van der Waals surface area contributed by atoms with Crippen LogP contribution in [0.25, 0.3) is 0 Å². The summed E-state index contributed by atoms with van der Waals surface area (Å²) in [5.41, 5.74) is 4.67. The van der Waals surface area contributed by atoms with Gasteiger partial charge in [-0.2, -0.15) is 0 Å². The molecule has 8 heteroatoms. The molecule has 1 aromatic carbocycles. The Hall–Kier alpha value is -2.42. The molecule has 1 aromatic heterocycles. The van der Waals surface area contributed by atoms with Crippen molar-refractivity contribution in [3.8, 4) is 0 Å². The first-order chi connectivity index (χ1) is 12.2. The van der Waals surface area contributed by atoms with Gasteiger partial charge >= 0.3 is 0 Å². The molecule has 7 nitrogen and oxygen atoms in total. The molecule has 2 N–H and O–H groups in total. The number of nitrogens with one attached hydrogen (secondary N) is 2. The SMILES string of the molecule is Cc1cc(NC(=O)c2cc(N([O-])NC3(C)COC3)cn2C)cc(F)c1C. The molecule has 0 aliphatic carbocycles. The minimum Gasteiger partial charge on any atom is -0.743 e. The van der Waals surface area contributed by atoms with E-state index in [2.05, 4.69) is 10.7 Å². The first-order valence-electron chi connectivity index (χ1n) is 8.26. The minimum atomic E-state index is -0.423. The van der Waals surface area contributed by atoms with E-state index < -0.39 is 11.4 Å². The standard InChI is InChI=1S/C18H22FN4O3/c1-11-5-13(6-15(19)12(11)2)20-17(24)16-7-14(8-22(16)4)23(25)21-18(3)9-26-10-18/h5-8,21H,9-10H2,1-4H3,(H,20,24)/q-1. The summed E-state index contributed by atoms with van der Waals surface area (Å²) < 4.78 is 20.5. The van der Waals surface area contributed by atoms with Crippen molar-refractivity contribution in [1.29, 1.82) is 0 Å². The van der Waals surface area contributed by atoms with Gasteiger partial charge in [0.15, 0.2) is 0 Å². The van der Waals surface area contributed by atoms with Gasteiger partial charge in [-0.05, 0) is 50.1 Å². The van der Waals surface area contributed by atoms with E-state index in [9.17, 15) is 14.4 Å². The molecule has 0 spiro atoms. The Kier molecular flexibility index (Phi) is 4.74. The maximum absolute atomic E-state index is 13.9. The third-order valence-electron chi connectivity index (χ3n) is 4.53. The summed E-state index contributed by atoms with van der Waals surface area (Å²) in [5, 5.41) is 15.6. The van der Waals surface area contributed by atoms with Crippen LogP contribution in [0.15, 0.2) is 24.4 Å². The highest BCUT2D eigenvalue weighted by molar-refractivity contribution is 6.04. The van der Waals surface area contributed by atoms with E-state index in [1.165, 1.54) is 12.1 Å². The number of hydrazine groups is 1. The predicted octanol–water partition coefficient (Wildman–Crippen LogP) is 2.63. The van der Waals surface area contributed by atoms with E-state index >= 15 is 0 Å². The molecule has 0 bridgehead atoms. The van der Waals surface area contributed by atoms with Crippen molar-refractivity contribution in [2.45, 2.75) is 26.3 Å². The molecule has 0 saturated carbocycles. The van der Waals surface area contributed by atoms with Crippen LogP contribution in [0.3, 0.4) is 0 Å². The molecule has 26 heavy (non-hydrogen) atoms. The fourth-order valence-corrected chi connectivity index (χ4v) is 2.75. The molecule has 0 atom stereocenters. The average Bonchev–Trinajstić information content (AvgIpc) is 2.93. The number of nitrogens with zero attached hydrogens (tertiary/aromatic N) is 2. The van der Waals surface area contributed by atoms with Gasteiger partial charge < -0.3 is 25.0 Å². The zero-order chi connectivity index (χ0) is 19.1. The third kappa shape index (κ3) is 3.57. The van der Waals surface area contributed by atoms with Crippen LogP contribution >= 0.6 is 0 Å². The Morgan fingerprint density at radius 2 is 2.04 bits per heavy atom. The molecule has 0 unspecified atom stereocenters. The number of halogens is 1. The minimum absolute atomic E-state index is 0.288. The summed E-state index contributed by atoms with van der Waals surface area (Å²) in [4.78, 5) is 12.5. The molecule has 1 amide bonds. The normalized spacial score (nSPS) is 15.5. The number of hydrogen-bond acceptors (Lipinski definition) is 5. The van der Waals surface area contributed by atoms with Gasteiger partial charge in [-0.3, -0.25) is 4.79 Å². The Morgan fingerprint density at radius 3 is 2.62 bits per heavy atom. The Morgan fingerprint density at radius 1 is 1.35 bits per heavy atom. The van der Waals surface area contributed by atoms with E-state index in [4.69, 9.17) is 4.74 Å². The van der Waals surface area contributed by atoms with Crippen LogP contribution in [0, 0.1) is 24.9 Å². The van der Waals surface area contributed by atoms with Crippen LogP contribution in [0.4, 0.5) is 15.8 Å². The number of amides is 1. The number of aryl methyl sites for hydroxylation is 2. The Balaban J connectivity index is 1.75. The van der Waals surface area contributed by atoms with Crippen LogP contribution in [-0.4, -0.2) is 29.2 Å². The number of carbonyl (C=O) groups excluding carboxylic acids is 1. The highest BCUT2D eigenvalue weighted by atomic mass is 19.1. The predicted molar refractivity (Wildman–Crippen MR) is 97.4 cm³/mol. The summed E-state index contributed by atoms with van der Waals surface area (Å²) in [6.45, 7) is 6.24. The molecular weight excluding hydrogens is 339 g/mol. The maximum Gasteiger partial charge on any atom is 0.272 e. The van der Waals surface area contributed by atoms with Gasteiger partial charge in [0.25, 0.3) is 5.91 Å². The van der Waals surface area contributed by atoms with E-state index in [-0.39, 0.29) is 11.5 Å². The Labute approximate surface area is 151 Å². The summed E-state index contributed by atoms with van der Waals surface area (Å²) in [6, 6.07) is 4.47. The van der Waals surface area contributed by atoms with Gasteiger partial charge in [0.1, 0.15) is 11.5 Å². The van der Waals surface area contributed by atoms with Crippen LogP contribution in [0.5, 0.6) is 0 Å². The van der Waals surface area contributed by atoms with Gasteiger partial charge in [0.05, 0.1) is 24.4 Å². The van der Waals surface area contributed by atoms with Crippen LogP contribution in [-0.2, 0) is 11.8 Å². The number of carbonyl (C=O) groups is 1. The summed E-state index contributed by atoms with van der Waals surface area (Å²) in [5.74, 6) is -0.799. The highest BCUT2D eigenvalue weighted by Gasteiger charge is 2.33. The fourth-order valence-electron chi connectivity index (χ4n) is 2.75. The van der Waals surface area contributed by atoms with E-state index in [0.717, 1.165) is 5.56 Å². The van der Waals surface area contributed by atoms with E-state index in [0.29, 0.717) is 35.3 Å². The van der Waals surface area contributed by atoms with Gasteiger partial charge in [0, 0.05) is 18.9 Å². The Bertz CT molecular complexity index is 822. The zero-order valence-electron chi connectivity index (χ0n) is 15.2. The molecule has 1 fully saturated rings. The molecule has 2 aromatic rings. The quantitative estimate of drug-likeness (QED) is 0.800. The molecular formula is C18H22FN4O3-. The van der Waals surface area contributed by atoms with Crippen molar-refractivity contribution in [3.63, 3.8) is 0 Å². The summed E-state index contributed by atoms with van der Waals surface area (Å²) >= 11 is 0.